The highest BCUT2D eigenvalue weighted by atomic mass is 35.5. The van der Waals surface area contributed by atoms with Crippen LogP contribution in [0.3, 0.4) is 0 Å². The van der Waals surface area contributed by atoms with Crippen molar-refractivity contribution in [1.82, 2.24) is 5.32 Å². The number of rotatable bonds is 6. The molecule has 1 N–H and O–H groups in total. The molecular weight excluding hydrogens is 531 g/mol. The molecule has 1 amide bonds. The molecule has 0 aromatic heterocycles. The Kier molecular flexibility index (Phi) is 7.42. The summed E-state index contributed by atoms with van der Waals surface area (Å²) in [5.74, 6) is -0.406. The maximum absolute atomic E-state index is 12.7. The molecule has 0 unspecified atom stereocenters. The Labute approximate surface area is 216 Å². The van der Waals surface area contributed by atoms with Gasteiger partial charge in [0.15, 0.2) is 10.9 Å². The second-order valence-electron chi connectivity index (χ2n) is 7.34. The number of hydrogen-bond acceptors (Lipinski definition) is 7. The van der Waals surface area contributed by atoms with Gasteiger partial charge in [-0.15, -0.1) is 0 Å². The highest BCUT2D eigenvalue weighted by Crippen LogP contribution is 2.39. The Hall–Kier alpha value is -2.98. The van der Waals surface area contributed by atoms with E-state index in [0.717, 1.165) is 5.56 Å². The summed E-state index contributed by atoms with van der Waals surface area (Å²) in [6.07, 6.45) is 1.60. The van der Waals surface area contributed by atoms with Gasteiger partial charge in [0.2, 0.25) is 5.75 Å². The summed E-state index contributed by atoms with van der Waals surface area (Å²) in [7, 11) is -2.84. The number of amides is 1. The fourth-order valence-corrected chi connectivity index (χ4v) is 5.26. The van der Waals surface area contributed by atoms with Crippen molar-refractivity contribution in [2.45, 2.75) is 11.8 Å². The predicted octanol–water partition coefficient (Wildman–Crippen LogP) is 5.97. The van der Waals surface area contributed by atoms with Gasteiger partial charge in [-0.2, -0.15) is 8.42 Å². The van der Waals surface area contributed by atoms with Gasteiger partial charge in [-0.05, 0) is 78.9 Å². The molecule has 1 heterocycles. The van der Waals surface area contributed by atoms with E-state index >= 15 is 0 Å². The van der Waals surface area contributed by atoms with E-state index < -0.39 is 10.1 Å². The number of nitrogens with one attached hydrogen (secondary N) is 1. The SMILES string of the molecule is COc1cc(/C=C2\SC(=Nc3ccc(C)cc3)NC2=O)cc(Cl)c1OS(=O)(=O)c1ccc(Cl)cc1. The zero-order chi connectivity index (χ0) is 25.2. The molecule has 0 saturated carbocycles. The van der Waals surface area contributed by atoms with E-state index in [1.54, 1.807) is 6.08 Å². The first-order valence-corrected chi connectivity index (χ1v) is 13.1. The van der Waals surface area contributed by atoms with Gasteiger partial charge >= 0.3 is 10.1 Å². The quantitative estimate of drug-likeness (QED) is 0.301. The fourth-order valence-electron chi connectivity index (χ4n) is 3.03. The summed E-state index contributed by atoms with van der Waals surface area (Å²) in [6.45, 7) is 1.98. The van der Waals surface area contributed by atoms with Crippen molar-refractivity contribution in [3.05, 3.63) is 86.7 Å². The van der Waals surface area contributed by atoms with E-state index in [4.69, 9.17) is 32.1 Å². The second kappa shape index (κ2) is 10.3. The maximum atomic E-state index is 12.7. The number of aliphatic imine (C=N–C) groups is 1. The molecule has 3 aromatic rings. The van der Waals surface area contributed by atoms with Gasteiger partial charge < -0.3 is 14.2 Å². The minimum atomic E-state index is -4.19. The third-order valence-corrected chi connectivity index (χ3v) is 7.44. The van der Waals surface area contributed by atoms with E-state index in [-0.39, 0.29) is 27.3 Å². The molecule has 0 aliphatic carbocycles. The number of carbonyl (C=O) groups excluding carboxylic acids is 1. The first-order valence-electron chi connectivity index (χ1n) is 10.1. The molecule has 1 fully saturated rings. The molecule has 4 rings (SSSR count). The third-order valence-electron chi connectivity index (χ3n) is 4.76. The molecule has 0 bridgehead atoms. The van der Waals surface area contributed by atoms with Crippen LogP contribution in [0.4, 0.5) is 5.69 Å². The summed E-state index contributed by atoms with van der Waals surface area (Å²) in [6, 6.07) is 16.1. The molecule has 11 heteroatoms. The molecule has 1 aliphatic heterocycles. The van der Waals surface area contributed by atoms with Gasteiger partial charge in [-0.1, -0.05) is 40.9 Å². The van der Waals surface area contributed by atoms with E-state index in [0.29, 0.717) is 26.3 Å². The number of methoxy groups -OCH3 is 1. The van der Waals surface area contributed by atoms with Gasteiger partial charge in [0.1, 0.15) is 4.90 Å². The predicted molar refractivity (Wildman–Crippen MR) is 139 cm³/mol. The number of nitrogens with zero attached hydrogens (tertiary/aromatic N) is 1. The standard InChI is InChI=1S/C24H18Cl2N2O5S2/c1-14-3-7-17(8-4-14)27-24-28-23(29)21(34-24)13-15-11-19(26)22(20(12-15)32-2)33-35(30,31)18-9-5-16(25)6-10-18/h3-13H,1-2H3,(H,27,28,29)/b21-13-. The zero-order valence-corrected chi connectivity index (χ0v) is 21.6. The molecular formula is C24H18Cl2N2O5S2. The van der Waals surface area contributed by atoms with Gasteiger partial charge in [-0.3, -0.25) is 4.79 Å². The van der Waals surface area contributed by atoms with Crippen molar-refractivity contribution >= 4 is 67.9 Å². The van der Waals surface area contributed by atoms with Crippen molar-refractivity contribution in [2.24, 2.45) is 4.99 Å². The Balaban J connectivity index is 1.60. The minimum Gasteiger partial charge on any atom is -0.493 e. The molecule has 0 atom stereocenters. The largest absolute Gasteiger partial charge is 0.493 e. The normalized spacial score (nSPS) is 15.9. The summed E-state index contributed by atoms with van der Waals surface area (Å²) < 4.78 is 35.9. The Morgan fingerprint density at radius 1 is 1.03 bits per heavy atom. The molecule has 0 radical (unpaired) electrons. The van der Waals surface area contributed by atoms with Crippen LogP contribution in [0.2, 0.25) is 10.0 Å². The van der Waals surface area contributed by atoms with E-state index in [2.05, 4.69) is 10.3 Å². The number of thioether (sulfide) groups is 1. The topological polar surface area (TPSA) is 94.1 Å². The van der Waals surface area contributed by atoms with Gasteiger partial charge in [-0.25, -0.2) is 4.99 Å². The zero-order valence-electron chi connectivity index (χ0n) is 18.4. The van der Waals surface area contributed by atoms with Crippen LogP contribution in [0.1, 0.15) is 11.1 Å². The lowest BCUT2D eigenvalue weighted by Gasteiger charge is -2.13. The summed E-state index contributed by atoms with van der Waals surface area (Å²) in [5, 5.41) is 3.54. The summed E-state index contributed by atoms with van der Waals surface area (Å²) >= 11 is 13.4. The van der Waals surface area contributed by atoms with Crippen molar-refractivity contribution < 1.29 is 22.1 Å². The van der Waals surface area contributed by atoms with Crippen molar-refractivity contribution in [2.75, 3.05) is 7.11 Å². The van der Waals surface area contributed by atoms with Crippen LogP contribution in [0.25, 0.3) is 6.08 Å². The van der Waals surface area contributed by atoms with Crippen molar-refractivity contribution in [1.29, 1.82) is 0 Å². The van der Waals surface area contributed by atoms with E-state index in [1.165, 1.54) is 55.3 Å². The third kappa shape index (κ3) is 5.99. The van der Waals surface area contributed by atoms with Gasteiger partial charge in [0.25, 0.3) is 5.91 Å². The molecule has 3 aromatic carbocycles. The molecule has 35 heavy (non-hydrogen) atoms. The number of carbonyl (C=O) groups is 1. The second-order valence-corrected chi connectivity index (χ2v) is 10.8. The van der Waals surface area contributed by atoms with Crippen LogP contribution in [-0.2, 0) is 14.9 Å². The Morgan fingerprint density at radius 3 is 2.37 bits per heavy atom. The highest BCUT2D eigenvalue weighted by Gasteiger charge is 2.25. The first kappa shape index (κ1) is 25.1. The lowest BCUT2D eigenvalue weighted by Crippen LogP contribution is -2.19. The van der Waals surface area contributed by atoms with Crippen molar-refractivity contribution in [3.63, 3.8) is 0 Å². The molecule has 180 valence electrons. The molecule has 7 nitrogen and oxygen atoms in total. The lowest BCUT2D eigenvalue weighted by atomic mass is 10.2. The Bertz CT molecular complexity index is 1450. The van der Waals surface area contributed by atoms with Gasteiger partial charge in [0, 0.05) is 5.02 Å². The smallest absolute Gasteiger partial charge is 0.339 e. The van der Waals surface area contributed by atoms with Gasteiger partial charge in [0.05, 0.1) is 22.7 Å². The number of benzene rings is 3. The van der Waals surface area contributed by atoms with Crippen LogP contribution in [0.5, 0.6) is 11.5 Å². The number of halogens is 2. The van der Waals surface area contributed by atoms with Crippen molar-refractivity contribution in [3.8, 4) is 11.5 Å². The van der Waals surface area contributed by atoms with Crippen LogP contribution in [-0.4, -0.2) is 26.6 Å². The maximum Gasteiger partial charge on any atom is 0.339 e. The number of amidine groups is 1. The Morgan fingerprint density at radius 2 is 1.71 bits per heavy atom. The fraction of sp³-hybridized carbons (Fsp3) is 0.0833. The number of hydrogen-bond donors (Lipinski definition) is 1. The highest BCUT2D eigenvalue weighted by molar-refractivity contribution is 8.18. The van der Waals surface area contributed by atoms with E-state index in [1.807, 2.05) is 31.2 Å². The average Bonchev–Trinajstić information content (AvgIpc) is 3.15. The van der Waals surface area contributed by atoms with Crippen LogP contribution >= 0.6 is 35.0 Å². The van der Waals surface area contributed by atoms with Crippen LogP contribution in [0.15, 0.2) is 75.5 Å². The van der Waals surface area contributed by atoms with E-state index in [9.17, 15) is 13.2 Å². The molecule has 1 aliphatic rings. The summed E-state index contributed by atoms with van der Waals surface area (Å²) in [4.78, 5) is 17.2. The monoisotopic (exact) mass is 548 g/mol. The molecule has 1 saturated heterocycles. The summed E-state index contributed by atoms with van der Waals surface area (Å²) in [5.41, 5.74) is 2.34. The average molecular weight is 549 g/mol. The lowest BCUT2D eigenvalue weighted by molar-refractivity contribution is -0.115. The van der Waals surface area contributed by atoms with Crippen LogP contribution < -0.4 is 14.2 Å². The first-order chi connectivity index (χ1) is 16.6. The molecule has 0 spiro atoms. The van der Waals surface area contributed by atoms with Crippen LogP contribution in [0, 0.1) is 6.92 Å². The number of ether oxygens (including phenoxy) is 1. The number of aryl methyl sites for hydroxylation is 1. The minimum absolute atomic E-state index is 0.00862.